The summed E-state index contributed by atoms with van der Waals surface area (Å²) in [5.74, 6) is 0.272. The molecule has 2 amide bonds. The van der Waals surface area contributed by atoms with Gasteiger partial charge in [0.1, 0.15) is 11.8 Å². The fourth-order valence-corrected chi connectivity index (χ4v) is 2.56. The van der Waals surface area contributed by atoms with E-state index in [0.29, 0.717) is 6.42 Å². The smallest absolute Gasteiger partial charge is 0.315 e. The number of rotatable bonds is 2. The summed E-state index contributed by atoms with van der Waals surface area (Å²) in [6.45, 7) is 6.07. The van der Waals surface area contributed by atoms with Crippen LogP contribution in [-0.2, 0) is 10.3 Å². The van der Waals surface area contributed by atoms with E-state index in [9.17, 15) is 9.59 Å². The average molecular weight is 262 g/mol. The summed E-state index contributed by atoms with van der Waals surface area (Å²) in [7, 11) is 1.54. The second-order valence-electron chi connectivity index (χ2n) is 4.49. The highest BCUT2D eigenvalue weighted by Gasteiger charge is 2.43. The van der Waals surface area contributed by atoms with Crippen LogP contribution in [-0.4, -0.2) is 19.4 Å². The molecule has 0 heterocycles. The van der Waals surface area contributed by atoms with E-state index in [1.807, 2.05) is 38.1 Å². The molecule has 1 aromatic rings. The molecular formula is C15H22N2O2. The molecule has 4 nitrogen and oxygen atoms in total. The van der Waals surface area contributed by atoms with Crippen molar-refractivity contribution in [1.82, 2.24) is 10.6 Å². The molecule has 0 aliphatic heterocycles. The number of carbonyl (C=O) groups is 2. The van der Waals surface area contributed by atoms with E-state index >= 15 is 0 Å². The van der Waals surface area contributed by atoms with Crippen LogP contribution in [0.4, 0.5) is 4.79 Å². The van der Waals surface area contributed by atoms with E-state index in [0.717, 1.165) is 17.4 Å². The number of fused-ring (bicyclic) bond motifs is 1. The number of carbonyl (C=O) groups excluding carboxylic acids is 2. The molecule has 1 aliphatic rings. The summed E-state index contributed by atoms with van der Waals surface area (Å²) in [4.78, 5) is 22.9. The number of nitrogens with one attached hydrogen (secondary N) is 2. The Labute approximate surface area is 114 Å². The van der Waals surface area contributed by atoms with Gasteiger partial charge in [0.2, 0.25) is 0 Å². The summed E-state index contributed by atoms with van der Waals surface area (Å²) in [6, 6.07) is 7.43. The maximum absolute atomic E-state index is 11.5. The van der Waals surface area contributed by atoms with E-state index in [-0.39, 0.29) is 11.9 Å². The highest BCUT2D eigenvalue weighted by molar-refractivity contribution is 5.82. The normalized spacial score (nSPS) is 23.7. The second-order valence-corrected chi connectivity index (χ2v) is 4.49. The lowest BCUT2D eigenvalue weighted by Gasteiger charge is -2.25. The molecule has 0 fully saturated rings. The van der Waals surface area contributed by atoms with Gasteiger partial charge in [-0.3, -0.25) is 0 Å². The van der Waals surface area contributed by atoms with Gasteiger partial charge in [-0.15, -0.1) is 0 Å². The van der Waals surface area contributed by atoms with E-state index in [1.54, 1.807) is 0 Å². The first-order valence-corrected chi connectivity index (χ1v) is 6.68. The first kappa shape index (κ1) is 15.2. The number of amides is 2. The molecule has 1 aromatic carbocycles. The molecule has 2 atom stereocenters. The van der Waals surface area contributed by atoms with Crippen molar-refractivity contribution >= 4 is 12.3 Å². The van der Waals surface area contributed by atoms with Crippen LogP contribution in [0.25, 0.3) is 0 Å². The average Bonchev–Trinajstić information content (AvgIpc) is 2.75. The van der Waals surface area contributed by atoms with Crippen molar-refractivity contribution in [1.29, 1.82) is 0 Å². The first-order chi connectivity index (χ1) is 9.13. The molecule has 2 rings (SSSR count). The van der Waals surface area contributed by atoms with Gasteiger partial charge >= 0.3 is 6.03 Å². The lowest BCUT2D eigenvalue weighted by molar-refractivity contribution is -0.113. The van der Waals surface area contributed by atoms with Crippen LogP contribution in [0.15, 0.2) is 24.3 Å². The lowest BCUT2D eigenvalue weighted by atomic mass is 9.93. The van der Waals surface area contributed by atoms with Gasteiger partial charge in [-0.05, 0) is 23.5 Å². The number of benzene rings is 1. The van der Waals surface area contributed by atoms with Crippen molar-refractivity contribution in [2.45, 2.75) is 38.6 Å². The van der Waals surface area contributed by atoms with Gasteiger partial charge in [0.05, 0.1) is 0 Å². The third-order valence-electron chi connectivity index (χ3n) is 3.37. The van der Waals surface area contributed by atoms with Gasteiger partial charge in [-0.1, -0.05) is 45.0 Å². The van der Waals surface area contributed by atoms with Gasteiger partial charge in [0.15, 0.2) is 0 Å². The minimum Gasteiger partial charge on any atom is -0.341 e. The van der Waals surface area contributed by atoms with Crippen LogP contribution in [0.3, 0.4) is 0 Å². The molecule has 104 valence electrons. The van der Waals surface area contributed by atoms with Crippen molar-refractivity contribution in [2.75, 3.05) is 7.05 Å². The van der Waals surface area contributed by atoms with Crippen LogP contribution in [0.1, 0.15) is 44.2 Å². The minimum atomic E-state index is -0.879. The van der Waals surface area contributed by atoms with Crippen LogP contribution in [0.2, 0.25) is 0 Å². The Morgan fingerprint density at radius 1 is 1.37 bits per heavy atom. The summed E-state index contributed by atoms with van der Waals surface area (Å²) < 4.78 is 0. The first-order valence-electron chi connectivity index (χ1n) is 6.68. The standard InChI is InChI=1S/C13H16N2O2.C2H6/c1-9-7-13(8-16,15-12(17)14-2)11-6-4-3-5-10(9)11;1-2/h3-6,8-9H,7H2,1-2H3,(H2,14,15,17);1-2H3. The number of hydrogen-bond donors (Lipinski definition) is 2. The van der Waals surface area contributed by atoms with E-state index < -0.39 is 5.54 Å². The molecule has 0 saturated heterocycles. The van der Waals surface area contributed by atoms with Gasteiger partial charge < -0.3 is 15.4 Å². The van der Waals surface area contributed by atoms with Gasteiger partial charge in [0.25, 0.3) is 0 Å². The molecular weight excluding hydrogens is 240 g/mol. The largest absolute Gasteiger partial charge is 0.341 e. The van der Waals surface area contributed by atoms with E-state index in [1.165, 1.54) is 7.05 Å². The third-order valence-corrected chi connectivity index (χ3v) is 3.37. The molecule has 0 spiro atoms. The Bertz CT molecular complexity index is 459. The van der Waals surface area contributed by atoms with Gasteiger partial charge in [-0.25, -0.2) is 4.79 Å². The molecule has 0 saturated carbocycles. The maximum atomic E-state index is 11.5. The number of aldehydes is 1. The van der Waals surface area contributed by atoms with Crippen molar-refractivity contribution < 1.29 is 9.59 Å². The Kier molecular flexibility index (Phi) is 5.10. The Morgan fingerprint density at radius 3 is 2.58 bits per heavy atom. The predicted octanol–water partition coefficient (Wildman–Crippen LogP) is 2.54. The zero-order valence-electron chi connectivity index (χ0n) is 12.0. The van der Waals surface area contributed by atoms with Crippen LogP contribution < -0.4 is 10.6 Å². The predicted molar refractivity (Wildman–Crippen MR) is 76.2 cm³/mol. The highest BCUT2D eigenvalue weighted by atomic mass is 16.2. The summed E-state index contributed by atoms with van der Waals surface area (Å²) in [6.07, 6.45) is 1.45. The molecule has 0 aromatic heterocycles. The molecule has 2 N–H and O–H groups in total. The lowest BCUT2D eigenvalue weighted by Crippen LogP contribution is -2.49. The molecule has 19 heavy (non-hydrogen) atoms. The Hall–Kier alpha value is -1.84. The van der Waals surface area contributed by atoms with Crippen molar-refractivity contribution in [3.05, 3.63) is 35.4 Å². The monoisotopic (exact) mass is 262 g/mol. The fourth-order valence-electron chi connectivity index (χ4n) is 2.56. The second kappa shape index (κ2) is 6.36. The van der Waals surface area contributed by atoms with Gasteiger partial charge in [0, 0.05) is 7.05 Å². The Balaban J connectivity index is 0.000000861. The Morgan fingerprint density at radius 2 is 2.00 bits per heavy atom. The zero-order valence-corrected chi connectivity index (χ0v) is 12.0. The topological polar surface area (TPSA) is 58.2 Å². The van der Waals surface area contributed by atoms with Crippen LogP contribution in [0.5, 0.6) is 0 Å². The summed E-state index contributed by atoms with van der Waals surface area (Å²) in [5, 5.41) is 5.25. The number of hydrogen-bond acceptors (Lipinski definition) is 2. The van der Waals surface area contributed by atoms with Crippen molar-refractivity contribution in [3.63, 3.8) is 0 Å². The molecule has 2 unspecified atom stereocenters. The van der Waals surface area contributed by atoms with Crippen LogP contribution >= 0.6 is 0 Å². The molecule has 0 radical (unpaired) electrons. The molecule has 0 bridgehead atoms. The molecule has 1 aliphatic carbocycles. The quantitative estimate of drug-likeness (QED) is 0.805. The van der Waals surface area contributed by atoms with Crippen molar-refractivity contribution in [2.24, 2.45) is 0 Å². The summed E-state index contributed by atoms with van der Waals surface area (Å²) >= 11 is 0. The fraction of sp³-hybridized carbons (Fsp3) is 0.467. The SMILES string of the molecule is CC.CNC(=O)NC1(C=O)CC(C)c2ccccc21. The number of urea groups is 1. The van der Waals surface area contributed by atoms with Crippen molar-refractivity contribution in [3.8, 4) is 0 Å². The van der Waals surface area contributed by atoms with Crippen LogP contribution in [0, 0.1) is 0 Å². The van der Waals surface area contributed by atoms with E-state index in [4.69, 9.17) is 0 Å². The summed E-state index contributed by atoms with van der Waals surface area (Å²) in [5.41, 5.74) is 1.16. The molecule has 4 heteroatoms. The van der Waals surface area contributed by atoms with Gasteiger partial charge in [-0.2, -0.15) is 0 Å². The van der Waals surface area contributed by atoms with E-state index in [2.05, 4.69) is 17.6 Å². The maximum Gasteiger partial charge on any atom is 0.315 e. The zero-order chi connectivity index (χ0) is 14.5. The third kappa shape index (κ3) is 2.78. The highest BCUT2D eigenvalue weighted by Crippen LogP contribution is 2.42. The minimum absolute atomic E-state index is 0.272.